The lowest BCUT2D eigenvalue weighted by atomic mass is 10.3. The average molecular weight is 276 g/mol. The number of nitrogens with zero attached hydrogens (tertiary/aromatic N) is 3. The Hall–Kier alpha value is -2.44. The number of rotatable bonds is 5. The summed E-state index contributed by atoms with van der Waals surface area (Å²) in [5.74, 6) is -0.940. The fraction of sp³-hybridized carbons (Fsp3) is 0.385. The summed E-state index contributed by atoms with van der Waals surface area (Å²) in [4.78, 5) is 40.8. The molecule has 0 aliphatic carbocycles. The highest BCUT2D eigenvalue weighted by molar-refractivity contribution is 6.44. The minimum Gasteiger partial charge on any atom is -0.370 e. The van der Waals surface area contributed by atoms with E-state index in [4.69, 9.17) is 0 Å². The van der Waals surface area contributed by atoms with Crippen molar-refractivity contribution in [1.82, 2.24) is 14.8 Å². The number of hydrogen-bond acceptors (Lipinski definition) is 5. The molecular formula is C13H16N4O3. The summed E-state index contributed by atoms with van der Waals surface area (Å²) in [6.45, 7) is 2.83. The number of hydrogen-bond donors (Lipinski definition) is 1. The van der Waals surface area contributed by atoms with Crippen molar-refractivity contribution in [1.29, 1.82) is 0 Å². The first kappa shape index (κ1) is 14.0. The third kappa shape index (κ3) is 2.61. The van der Waals surface area contributed by atoms with Crippen molar-refractivity contribution in [2.45, 2.75) is 19.9 Å². The van der Waals surface area contributed by atoms with Gasteiger partial charge in [0.15, 0.2) is 0 Å². The van der Waals surface area contributed by atoms with E-state index in [9.17, 15) is 14.4 Å². The predicted molar refractivity (Wildman–Crippen MR) is 71.7 cm³/mol. The zero-order chi connectivity index (χ0) is 14.7. The molecule has 7 nitrogen and oxygen atoms in total. The number of aromatic nitrogens is 1. The van der Waals surface area contributed by atoms with E-state index in [1.54, 1.807) is 12.1 Å². The molecule has 2 rings (SSSR count). The highest BCUT2D eigenvalue weighted by Crippen LogP contribution is 2.14. The van der Waals surface area contributed by atoms with Crippen LogP contribution in [0.5, 0.6) is 0 Å². The molecule has 0 spiro atoms. The first-order valence-electron chi connectivity index (χ1n) is 6.38. The quantitative estimate of drug-likeness (QED) is 0.636. The third-order valence-corrected chi connectivity index (χ3v) is 2.93. The maximum atomic E-state index is 11.8. The summed E-state index contributed by atoms with van der Waals surface area (Å²) >= 11 is 0. The highest BCUT2D eigenvalue weighted by atomic mass is 16.2. The standard InChI is InChI=1S/C13H16N4O3/c1-3-7-14-10-6-4-5-9(15-10)8-17-12(19)11(18)16(2)13(17)20/h4-6H,3,7-8H2,1-2H3,(H,14,15). The third-order valence-electron chi connectivity index (χ3n) is 2.93. The average Bonchev–Trinajstić information content (AvgIpc) is 2.63. The van der Waals surface area contributed by atoms with Crippen LogP contribution in [0.25, 0.3) is 0 Å². The van der Waals surface area contributed by atoms with Crippen LogP contribution in [0, 0.1) is 0 Å². The molecule has 1 saturated heterocycles. The highest BCUT2D eigenvalue weighted by Gasteiger charge is 2.42. The Kier molecular flexibility index (Phi) is 3.97. The van der Waals surface area contributed by atoms with Gasteiger partial charge in [0.1, 0.15) is 5.82 Å². The van der Waals surface area contributed by atoms with Crippen LogP contribution in [-0.4, -0.2) is 46.2 Å². The Morgan fingerprint density at radius 2 is 1.95 bits per heavy atom. The van der Waals surface area contributed by atoms with Crippen LogP contribution in [0.3, 0.4) is 0 Å². The Morgan fingerprint density at radius 1 is 1.20 bits per heavy atom. The van der Waals surface area contributed by atoms with Gasteiger partial charge in [-0.15, -0.1) is 0 Å². The molecule has 0 radical (unpaired) electrons. The number of pyridine rings is 1. The number of amides is 4. The first-order valence-corrected chi connectivity index (χ1v) is 6.38. The summed E-state index contributed by atoms with van der Waals surface area (Å²) in [6.07, 6.45) is 0.967. The van der Waals surface area contributed by atoms with Crippen molar-refractivity contribution in [3.8, 4) is 0 Å². The Balaban J connectivity index is 2.12. The van der Waals surface area contributed by atoms with Crippen LogP contribution in [0.2, 0.25) is 0 Å². The molecule has 1 aromatic rings. The van der Waals surface area contributed by atoms with Gasteiger partial charge >= 0.3 is 17.8 Å². The molecule has 20 heavy (non-hydrogen) atoms. The molecule has 4 amide bonds. The van der Waals surface area contributed by atoms with Gasteiger partial charge in [-0.2, -0.15) is 0 Å². The topological polar surface area (TPSA) is 82.6 Å². The molecule has 1 N–H and O–H groups in total. The van der Waals surface area contributed by atoms with Gasteiger partial charge in [-0.1, -0.05) is 13.0 Å². The molecule has 0 bridgehead atoms. The molecule has 0 aromatic carbocycles. The smallest absolute Gasteiger partial charge is 0.334 e. The van der Waals surface area contributed by atoms with Gasteiger partial charge in [-0.3, -0.25) is 14.5 Å². The van der Waals surface area contributed by atoms with Crippen LogP contribution in [0.4, 0.5) is 10.6 Å². The van der Waals surface area contributed by atoms with Crippen molar-refractivity contribution >= 4 is 23.7 Å². The van der Waals surface area contributed by atoms with Gasteiger partial charge in [-0.05, 0) is 18.6 Å². The summed E-state index contributed by atoms with van der Waals surface area (Å²) in [6, 6.07) is 4.69. The largest absolute Gasteiger partial charge is 0.370 e. The fourth-order valence-corrected chi connectivity index (χ4v) is 1.83. The zero-order valence-electron chi connectivity index (χ0n) is 11.4. The maximum Gasteiger partial charge on any atom is 0.334 e. The minimum atomic E-state index is -0.814. The zero-order valence-corrected chi connectivity index (χ0v) is 11.4. The molecule has 2 heterocycles. The van der Waals surface area contributed by atoms with Crippen LogP contribution < -0.4 is 5.32 Å². The molecule has 1 aliphatic rings. The molecule has 7 heteroatoms. The van der Waals surface area contributed by atoms with Crippen LogP contribution in [-0.2, 0) is 16.1 Å². The van der Waals surface area contributed by atoms with E-state index in [0.717, 1.165) is 22.8 Å². The van der Waals surface area contributed by atoms with Crippen molar-refractivity contribution in [2.75, 3.05) is 18.9 Å². The van der Waals surface area contributed by atoms with Crippen molar-refractivity contribution in [3.05, 3.63) is 23.9 Å². The molecule has 0 saturated carbocycles. The number of nitrogens with one attached hydrogen (secondary N) is 1. The van der Waals surface area contributed by atoms with E-state index in [0.29, 0.717) is 11.5 Å². The summed E-state index contributed by atoms with van der Waals surface area (Å²) in [5.41, 5.74) is 0.552. The predicted octanol–water partition coefficient (Wildman–Crippen LogP) is 0.824. The van der Waals surface area contributed by atoms with Crippen LogP contribution in [0.15, 0.2) is 18.2 Å². The van der Waals surface area contributed by atoms with Gasteiger partial charge in [-0.25, -0.2) is 14.7 Å². The van der Waals surface area contributed by atoms with Gasteiger partial charge in [0.05, 0.1) is 12.2 Å². The van der Waals surface area contributed by atoms with E-state index in [2.05, 4.69) is 10.3 Å². The molecule has 0 atom stereocenters. The number of carbonyl (C=O) groups is 3. The Morgan fingerprint density at radius 3 is 2.55 bits per heavy atom. The van der Waals surface area contributed by atoms with Gasteiger partial charge in [0.2, 0.25) is 0 Å². The molecule has 0 unspecified atom stereocenters. The molecular weight excluding hydrogens is 260 g/mol. The second kappa shape index (κ2) is 5.68. The summed E-state index contributed by atoms with van der Waals surface area (Å²) in [5, 5.41) is 3.12. The number of imide groups is 2. The Bertz CT molecular complexity index is 558. The summed E-state index contributed by atoms with van der Waals surface area (Å²) in [7, 11) is 1.29. The van der Waals surface area contributed by atoms with E-state index in [1.165, 1.54) is 7.05 Å². The lowest BCUT2D eigenvalue weighted by molar-refractivity contribution is -0.143. The minimum absolute atomic E-state index is 0.00457. The number of likely N-dealkylation sites (N-methyl/N-ethyl adjacent to an activating group) is 1. The second-order valence-corrected chi connectivity index (χ2v) is 4.48. The molecule has 1 fully saturated rings. The lowest BCUT2D eigenvalue weighted by Crippen LogP contribution is -2.31. The normalized spacial score (nSPS) is 15.2. The van der Waals surface area contributed by atoms with Gasteiger partial charge in [0, 0.05) is 13.6 Å². The van der Waals surface area contributed by atoms with Crippen molar-refractivity contribution in [2.24, 2.45) is 0 Å². The molecule has 1 aromatic heterocycles. The summed E-state index contributed by atoms with van der Waals surface area (Å²) < 4.78 is 0. The van der Waals surface area contributed by atoms with Crippen LogP contribution >= 0.6 is 0 Å². The Labute approximate surface area is 116 Å². The number of carbonyl (C=O) groups excluding carboxylic acids is 3. The number of anilines is 1. The number of urea groups is 1. The van der Waals surface area contributed by atoms with Crippen LogP contribution in [0.1, 0.15) is 19.0 Å². The maximum absolute atomic E-state index is 11.8. The fourth-order valence-electron chi connectivity index (χ4n) is 1.83. The van der Waals surface area contributed by atoms with Crippen molar-refractivity contribution < 1.29 is 14.4 Å². The first-order chi connectivity index (χ1) is 9.54. The van der Waals surface area contributed by atoms with E-state index < -0.39 is 17.8 Å². The lowest BCUT2D eigenvalue weighted by Gasteiger charge is -2.13. The van der Waals surface area contributed by atoms with Gasteiger partial charge < -0.3 is 5.32 Å². The van der Waals surface area contributed by atoms with E-state index in [1.807, 2.05) is 13.0 Å². The van der Waals surface area contributed by atoms with Crippen molar-refractivity contribution in [3.63, 3.8) is 0 Å². The van der Waals surface area contributed by atoms with Gasteiger partial charge in [0.25, 0.3) is 0 Å². The van der Waals surface area contributed by atoms with E-state index in [-0.39, 0.29) is 6.54 Å². The monoisotopic (exact) mass is 276 g/mol. The molecule has 106 valence electrons. The molecule has 1 aliphatic heterocycles. The SMILES string of the molecule is CCCNc1cccc(CN2C(=O)C(=O)N(C)C2=O)n1. The second-order valence-electron chi connectivity index (χ2n) is 4.48. The van der Waals surface area contributed by atoms with E-state index >= 15 is 0 Å².